The third kappa shape index (κ3) is 4.03. The molecule has 0 spiro atoms. The summed E-state index contributed by atoms with van der Waals surface area (Å²) in [7, 11) is 0. The van der Waals surface area contributed by atoms with Gasteiger partial charge < -0.3 is 20.4 Å². The molecular weight excluding hydrogens is 272 g/mol. The molecule has 0 bridgehead atoms. The number of aliphatic hydroxyl groups excluding tert-OH is 2. The van der Waals surface area contributed by atoms with Crippen molar-refractivity contribution in [1.82, 2.24) is 10.2 Å². The normalized spacial score (nSPS) is 21.9. The fraction of sp³-hybridized carbons (Fsp3) is 0.467. The fourth-order valence-electron chi connectivity index (χ4n) is 2.38. The second kappa shape index (κ2) is 7.19. The van der Waals surface area contributed by atoms with Gasteiger partial charge in [0.25, 0.3) is 5.91 Å². The first-order chi connectivity index (χ1) is 10.1. The molecule has 0 radical (unpaired) electrons. The minimum absolute atomic E-state index is 0.0755. The molecule has 6 heteroatoms. The molecule has 1 aromatic rings. The Balaban J connectivity index is 1.81. The van der Waals surface area contributed by atoms with Gasteiger partial charge in [0.05, 0.1) is 12.6 Å². The standard InChI is InChI=1S/C15H20N2O4/c18-10-12-6-7-17(9-13(12)19)14(20)8-16-15(21)11-4-2-1-3-5-11/h1-5,12-13,18-19H,6-10H2,(H,16,21)/t12-,13-/m1/s1. The minimum atomic E-state index is -0.711. The summed E-state index contributed by atoms with van der Waals surface area (Å²) in [6, 6.07) is 8.68. The first-order valence-electron chi connectivity index (χ1n) is 7.01. The maximum atomic E-state index is 12.0. The average Bonchev–Trinajstić information content (AvgIpc) is 2.53. The van der Waals surface area contributed by atoms with Gasteiger partial charge in [-0.1, -0.05) is 18.2 Å². The summed E-state index contributed by atoms with van der Waals surface area (Å²) in [6.07, 6.45) is -0.145. The van der Waals surface area contributed by atoms with Gasteiger partial charge in [-0.15, -0.1) is 0 Å². The SMILES string of the molecule is O=C(NCC(=O)N1CC[C@H](CO)[C@H](O)C1)c1ccccc1. The highest BCUT2D eigenvalue weighted by molar-refractivity contribution is 5.96. The van der Waals surface area contributed by atoms with Crippen molar-refractivity contribution in [3.05, 3.63) is 35.9 Å². The van der Waals surface area contributed by atoms with E-state index in [4.69, 9.17) is 5.11 Å². The zero-order valence-electron chi connectivity index (χ0n) is 11.7. The van der Waals surface area contributed by atoms with Crippen LogP contribution in [-0.2, 0) is 4.79 Å². The molecule has 114 valence electrons. The summed E-state index contributed by atoms with van der Waals surface area (Å²) in [6.45, 7) is 0.520. The first kappa shape index (κ1) is 15.5. The van der Waals surface area contributed by atoms with Crippen LogP contribution in [0.4, 0.5) is 0 Å². The smallest absolute Gasteiger partial charge is 0.251 e. The Bertz CT molecular complexity index is 492. The highest BCUT2D eigenvalue weighted by Crippen LogP contribution is 2.17. The second-order valence-electron chi connectivity index (χ2n) is 5.19. The van der Waals surface area contributed by atoms with Gasteiger partial charge in [-0.05, 0) is 18.6 Å². The number of piperidine rings is 1. The molecule has 6 nitrogen and oxygen atoms in total. The van der Waals surface area contributed by atoms with Crippen LogP contribution in [0.3, 0.4) is 0 Å². The van der Waals surface area contributed by atoms with E-state index in [0.29, 0.717) is 18.5 Å². The predicted molar refractivity (Wildman–Crippen MR) is 76.6 cm³/mol. The monoisotopic (exact) mass is 292 g/mol. The van der Waals surface area contributed by atoms with Crippen molar-refractivity contribution in [2.75, 3.05) is 26.2 Å². The molecule has 1 aliphatic heterocycles. The number of aliphatic hydroxyl groups is 2. The van der Waals surface area contributed by atoms with Crippen LogP contribution in [0.2, 0.25) is 0 Å². The summed E-state index contributed by atoms with van der Waals surface area (Å²) < 4.78 is 0. The maximum absolute atomic E-state index is 12.0. The minimum Gasteiger partial charge on any atom is -0.396 e. The van der Waals surface area contributed by atoms with Crippen molar-refractivity contribution >= 4 is 11.8 Å². The van der Waals surface area contributed by atoms with E-state index in [2.05, 4.69) is 5.32 Å². The third-order valence-electron chi connectivity index (χ3n) is 3.74. The van der Waals surface area contributed by atoms with Crippen molar-refractivity contribution in [3.8, 4) is 0 Å². The van der Waals surface area contributed by atoms with Crippen molar-refractivity contribution in [3.63, 3.8) is 0 Å². The summed E-state index contributed by atoms with van der Waals surface area (Å²) >= 11 is 0. The zero-order valence-corrected chi connectivity index (χ0v) is 11.7. The molecule has 0 aliphatic carbocycles. The lowest BCUT2D eigenvalue weighted by atomic mass is 9.95. The Morgan fingerprint density at radius 1 is 1.29 bits per heavy atom. The van der Waals surface area contributed by atoms with Crippen LogP contribution < -0.4 is 5.32 Å². The number of nitrogens with one attached hydrogen (secondary N) is 1. The molecule has 0 aromatic heterocycles. The van der Waals surface area contributed by atoms with Crippen LogP contribution in [0.5, 0.6) is 0 Å². The van der Waals surface area contributed by atoms with Gasteiger partial charge in [0.15, 0.2) is 0 Å². The second-order valence-corrected chi connectivity index (χ2v) is 5.19. The van der Waals surface area contributed by atoms with E-state index in [0.717, 1.165) is 0 Å². The van der Waals surface area contributed by atoms with Crippen LogP contribution in [0.15, 0.2) is 30.3 Å². The highest BCUT2D eigenvalue weighted by Gasteiger charge is 2.29. The van der Waals surface area contributed by atoms with E-state index in [1.807, 2.05) is 6.07 Å². The fourth-order valence-corrected chi connectivity index (χ4v) is 2.38. The maximum Gasteiger partial charge on any atom is 0.251 e. The molecule has 0 saturated carbocycles. The van der Waals surface area contributed by atoms with Crippen LogP contribution in [0, 0.1) is 5.92 Å². The number of benzene rings is 1. The van der Waals surface area contributed by atoms with Gasteiger partial charge in [0, 0.05) is 31.2 Å². The van der Waals surface area contributed by atoms with E-state index in [1.165, 1.54) is 4.90 Å². The molecule has 2 amide bonds. The summed E-state index contributed by atoms with van der Waals surface area (Å²) in [4.78, 5) is 25.4. The molecule has 1 heterocycles. The Morgan fingerprint density at radius 3 is 2.62 bits per heavy atom. The number of nitrogens with zero attached hydrogens (tertiary/aromatic N) is 1. The lowest BCUT2D eigenvalue weighted by molar-refractivity contribution is -0.135. The Hall–Kier alpha value is -1.92. The van der Waals surface area contributed by atoms with Gasteiger partial charge in [-0.3, -0.25) is 9.59 Å². The van der Waals surface area contributed by atoms with Gasteiger partial charge in [-0.25, -0.2) is 0 Å². The Morgan fingerprint density at radius 2 is 2.00 bits per heavy atom. The Labute approximate surface area is 123 Å². The summed E-state index contributed by atoms with van der Waals surface area (Å²) in [5, 5.41) is 21.4. The number of β-amino-alcohol motifs (C(OH)–C–C–N with tert-alkyl or cyclic N) is 1. The van der Waals surface area contributed by atoms with Crippen molar-refractivity contribution in [2.45, 2.75) is 12.5 Å². The molecule has 0 unspecified atom stereocenters. The van der Waals surface area contributed by atoms with Gasteiger partial charge in [0.2, 0.25) is 5.91 Å². The van der Waals surface area contributed by atoms with Crippen LogP contribution in [-0.4, -0.2) is 59.3 Å². The van der Waals surface area contributed by atoms with Crippen LogP contribution in [0.25, 0.3) is 0 Å². The molecule has 1 aromatic carbocycles. The number of carbonyl (C=O) groups is 2. The number of likely N-dealkylation sites (tertiary alicyclic amines) is 1. The third-order valence-corrected chi connectivity index (χ3v) is 3.74. The molecule has 1 aliphatic rings. The molecule has 3 N–H and O–H groups in total. The van der Waals surface area contributed by atoms with Crippen molar-refractivity contribution in [1.29, 1.82) is 0 Å². The Kier molecular flexibility index (Phi) is 5.30. The quantitative estimate of drug-likeness (QED) is 0.705. The lowest BCUT2D eigenvalue weighted by Gasteiger charge is -2.35. The molecule has 2 atom stereocenters. The number of hydrogen-bond acceptors (Lipinski definition) is 4. The first-order valence-corrected chi connectivity index (χ1v) is 7.01. The van der Waals surface area contributed by atoms with Gasteiger partial charge in [-0.2, -0.15) is 0 Å². The van der Waals surface area contributed by atoms with E-state index >= 15 is 0 Å². The number of amides is 2. The highest BCUT2D eigenvalue weighted by atomic mass is 16.3. The van der Waals surface area contributed by atoms with E-state index in [1.54, 1.807) is 24.3 Å². The number of carbonyl (C=O) groups excluding carboxylic acids is 2. The molecule has 1 fully saturated rings. The van der Waals surface area contributed by atoms with E-state index < -0.39 is 6.10 Å². The average molecular weight is 292 g/mol. The van der Waals surface area contributed by atoms with Crippen LogP contribution >= 0.6 is 0 Å². The van der Waals surface area contributed by atoms with E-state index in [9.17, 15) is 14.7 Å². The van der Waals surface area contributed by atoms with E-state index in [-0.39, 0.29) is 37.4 Å². The summed E-state index contributed by atoms with van der Waals surface area (Å²) in [5.41, 5.74) is 0.504. The number of hydrogen-bond donors (Lipinski definition) is 3. The van der Waals surface area contributed by atoms with Gasteiger partial charge in [0.1, 0.15) is 0 Å². The molecule has 21 heavy (non-hydrogen) atoms. The molecule has 2 rings (SSSR count). The van der Waals surface area contributed by atoms with Crippen molar-refractivity contribution in [2.24, 2.45) is 5.92 Å². The van der Waals surface area contributed by atoms with Crippen molar-refractivity contribution < 1.29 is 19.8 Å². The molecule has 1 saturated heterocycles. The zero-order chi connectivity index (χ0) is 15.2. The molecular formula is C15H20N2O4. The number of rotatable bonds is 4. The topological polar surface area (TPSA) is 89.9 Å². The van der Waals surface area contributed by atoms with Gasteiger partial charge >= 0.3 is 0 Å². The largest absolute Gasteiger partial charge is 0.396 e. The van der Waals surface area contributed by atoms with Crippen LogP contribution in [0.1, 0.15) is 16.8 Å². The predicted octanol–water partition coefficient (Wildman–Crippen LogP) is -0.382. The summed E-state index contributed by atoms with van der Waals surface area (Å²) in [5.74, 6) is -0.697. The lowest BCUT2D eigenvalue weighted by Crippen LogP contribution is -2.50.